The summed E-state index contributed by atoms with van der Waals surface area (Å²) in [6.07, 6.45) is 3.17. The number of piperidine rings is 1. The third kappa shape index (κ3) is 4.80. The van der Waals surface area contributed by atoms with Crippen molar-refractivity contribution in [2.75, 3.05) is 18.0 Å². The Balaban J connectivity index is 1.23. The Morgan fingerprint density at radius 2 is 1.79 bits per heavy atom. The van der Waals surface area contributed by atoms with E-state index in [1.807, 2.05) is 42.5 Å². The number of amides is 1. The molecule has 8 heteroatoms. The number of nitrogens with zero attached hydrogens (tertiary/aromatic N) is 4. The zero-order valence-corrected chi connectivity index (χ0v) is 18.5. The molecule has 1 amide bonds. The van der Waals surface area contributed by atoms with Crippen molar-refractivity contribution < 1.29 is 13.7 Å². The number of pyridine rings is 1. The lowest BCUT2D eigenvalue weighted by molar-refractivity contribution is -0.125. The van der Waals surface area contributed by atoms with Gasteiger partial charge in [-0.3, -0.25) is 4.79 Å². The van der Waals surface area contributed by atoms with E-state index in [0.29, 0.717) is 44.2 Å². The zero-order chi connectivity index (χ0) is 23.3. The second-order valence-corrected chi connectivity index (χ2v) is 8.27. The first-order valence-electron chi connectivity index (χ1n) is 11.3. The van der Waals surface area contributed by atoms with Gasteiger partial charge in [-0.25, -0.2) is 9.37 Å². The Kier molecular flexibility index (Phi) is 6.29. The molecular formula is C26H24FN5O2. The van der Waals surface area contributed by atoms with Crippen LogP contribution >= 0.6 is 0 Å². The minimum Gasteiger partial charge on any atom is -0.356 e. The fourth-order valence-corrected chi connectivity index (χ4v) is 4.14. The van der Waals surface area contributed by atoms with Gasteiger partial charge in [0.1, 0.15) is 11.6 Å². The van der Waals surface area contributed by atoms with E-state index in [1.165, 1.54) is 12.1 Å². The SMILES string of the molecule is O=C(NCc1ccc(F)cc1)C1CCN(c2ncccc2-c2nc(-c3ccccc3)no2)CC1. The molecule has 0 spiro atoms. The predicted octanol–water partition coefficient (Wildman–Crippen LogP) is 4.47. The van der Waals surface area contributed by atoms with Crippen LogP contribution in [0.5, 0.6) is 0 Å². The van der Waals surface area contributed by atoms with Gasteiger partial charge in [-0.1, -0.05) is 47.6 Å². The first-order valence-corrected chi connectivity index (χ1v) is 11.3. The average molecular weight is 458 g/mol. The van der Waals surface area contributed by atoms with Crippen molar-refractivity contribution in [1.82, 2.24) is 20.4 Å². The monoisotopic (exact) mass is 457 g/mol. The van der Waals surface area contributed by atoms with Crippen LogP contribution in [0.4, 0.5) is 10.2 Å². The molecule has 0 aliphatic carbocycles. The third-order valence-electron chi connectivity index (χ3n) is 6.02. The Hall–Kier alpha value is -4.07. The normalized spacial score (nSPS) is 14.2. The Morgan fingerprint density at radius 1 is 1.03 bits per heavy atom. The van der Waals surface area contributed by atoms with E-state index in [4.69, 9.17) is 4.52 Å². The lowest BCUT2D eigenvalue weighted by atomic mass is 9.95. The van der Waals surface area contributed by atoms with E-state index in [-0.39, 0.29) is 17.6 Å². The van der Waals surface area contributed by atoms with E-state index in [9.17, 15) is 9.18 Å². The number of carbonyl (C=O) groups is 1. The van der Waals surface area contributed by atoms with E-state index < -0.39 is 0 Å². The molecule has 0 bridgehead atoms. The summed E-state index contributed by atoms with van der Waals surface area (Å²) in [7, 11) is 0. The summed E-state index contributed by atoms with van der Waals surface area (Å²) in [4.78, 5) is 24.0. The Morgan fingerprint density at radius 3 is 2.56 bits per heavy atom. The van der Waals surface area contributed by atoms with Gasteiger partial charge >= 0.3 is 0 Å². The molecule has 1 aliphatic rings. The topological polar surface area (TPSA) is 84.2 Å². The van der Waals surface area contributed by atoms with Crippen molar-refractivity contribution in [3.05, 3.63) is 84.3 Å². The van der Waals surface area contributed by atoms with Gasteiger partial charge in [-0.05, 0) is 42.7 Å². The molecule has 7 nitrogen and oxygen atoms in total. The molecule has 34 heavy (non-hydrogen) atoms. The van der Waals surface area contributed by atoms with Crippen molar-refractivity contribution in [2.45, 2.75) is 19.4 Å². The number of hydrogen-bond acceptors (Lipinski definition) is 6. The number of rotatable bonds is 6. The summed E-state index contributed by atoms with van der Waals surface area (Å²) in [6, 6.07) is 19.6. The lowest BCUT2D eigenvalue weighted by Gasteiger charge is -2.32. The molecule has 1 fully saturated rings. The van der Waals surface area contributed by atoms with Crippen LogP contribution < -0.4 is 10.2 Å². The molecule has 3 heterocycles. The van der Waals surface area contributed by atoms with Crippen molar-refractivity contribution in [2.24, 2.45) is 5.92 Å². The highest BCUT2D eigenvalue weighted by molar-refractivity contribution is 5.79. The number of hydrogen-bond donors (Lipinski definition) is 1. The second kappa shape index (κ2) is 9.82. The molecule has 5 rings (SSSR count). The van der Waals surface area contributed by atoms with Crippen LogP contribution in [0.25, 0.3) is 22.8 Å². The van der Waals surface area contributed by atoms with Gasteiger partial charge in [0.15, 0.2) is 0 Å². The van der Waals surface area contributed by atoms with Crippen LogP contribution in [0.2, 0.25) is 0 Å². The van der Waals surface area contributed by atoms with E-state index >= 15 is 0 Å². The van der Waals surface area contributed by atoms with Crippen LogP contribution in [0.15, 0.2) is 77.4 Å². The molecule has 1 aliphatic heterocycles. The maximum absolute atomic E-state index is 13.1. The van der Waals surface area contributed by atoms with Gasteiger partial charge in [0.05, 0.1) is 5.56 Å². The summed E-state index contributed by atoms with van der Waals surface area (Å²) in [5, 5.41) is 7.10. The van der Waals surface area contributed by atoms with Gasteiger partial charge < -0.3 is 14.7 Å². The van der Waals surface area contributed by atoms with E-state index in [1.54, 1.807) is 18.3 Å². The summed E-state index contributed by atoms with van der Waals surface area (Å²) in [5.41, 5.74) is 2.53. The van der Waals surface area contributed by atoms with Gasteiger partial charge in [0.25, 0.3) is 5.89 Å². The third-order valence-corrected chi connectivity index (χ3v) is 6.02. The first kappa shape index (κ1) is 21.8. The number of nitrogens with one attached hydrogen (secondary N) is 1. The van der Waals surface area contributed by atoms with Crippen LogP contribution in [0.3, 0.4) is 0 Å². The summed E-state index contributed by atoms with van der Waals surface area (Å²) in [5.74, 6) is 1.39. The highest BCUT2D eigenvalue weighted by Crippen LogP contribution is 2.31. The van der Waals surface area contributed by atoms with Crippen LogP contribution in [0, 0.1) is 11.7 Å². The highest BCUT2D eigenvalue weighted by Gasteiger charge is 2.27. The smallest absolute Gasteiger partial charge is 0.261 e. The molecule has 4 aromatic rings. The fraction of sp³-hybridized carbons (Fsp3) is 0.231. The number of benzene rings is 2. The Labute approximate surface area is 196 Å². The molecule has 172 valence electrons. The van der Waals surface area contributed by atoms with E-state index in [2.05, 4.69) is 25.3 Å². The van der Waals surface area contributed by atoms with Crippen LogP contribution in [-0.2, 0) is 11.3 Å². The molecule has 2 aromatic heterocycles. The largest absolute Gasteiger partial charge is 0.356 e. The lowest BCUT2D eigenvalue weighted by Crippen LogP contribution is -2.40. The molecule has 0 saturated carbocycles. The fourth-order valence-electron chi connectivity index (χ4n) is 4.14. The van der Waals surface area contributed by atoms with E-state index in [0.717, 1.165) is 22.5 Å². The minimum atomic E-state index is -0.284. The Bertz CT molecular complexity index is 1250. The van der Waals surface area contributed by atoms with Crippen molar-refractivity contribution in [3.8, 4) is 22.8 Å². The van der Waals surface area contributed by atoms with Crippen molar-refractivity contribution in [1.29, 1.82) is 0 Å². The van der Waals surface area contributed by atoms with Gasteiger partial charge in [-0.15, -0.1) is 0 Å². The molecule has 0 radical (unpaired) electrons. The first-order chi connectivity index (χ1) is 16.7. The summed E-state index contributed by atoms with van der Waals surface area (Å²) < 4.78 is 18.6. The zero-order valence-electron chi connectivity index (χ0n) is 18.5. The minimum absolute atomic E-state index is 0.0228. The average Bonchev–Trinajstić information content (AvgIpc) is 3.39. The highest BCUT2D eigenvalue weighted by atomic mass is 19.1. The van der Waals surface area contributed by atoms with Gasteiger partial charge in [-0.2, -0.15) is 4.98 Å². The quantitative estimate of drug-likeness (QED) is 0.460. The second-order valence-electron chi connectivity index (χ2n) is 8.27. The maximum atomic E-state index is 13.1. The van der Waals surface area contributed by atoms with Crippen molar-refractivity contribution in [3.63, 3.8) is 0 Å². The molecule has 1 N–H and O–H groups in total. The number of aromatic nitrogens is 3. The summed E-state index contributed by atoms with van der Waals surface area (Å²) in [6.45, 7) is 1.78. The van der Waals surface area contributed by atoms with Crippen LogP contribution in [0.1, 0.15) is 18.4 Å². The molecule has 1 saturated heterocycles. The summed E-state index contributed by atoms with van der Waals surface area (Å²) >= 11 is 0. The standard InChI is InChI=1S/C26H24FN5O2/c27-21-10-8-18(9-11-21)17-29-25(33)20-12-15-32(16-13-20)24-22(7-4-14-28-24)26-30-23(31-34-26)19-5-2-1-3-6-19/h1-11,14,20H,12-13,15-17H2,(H,29,33). The molecule has 0 unspecified atom stereocenters. The number of carbonyl (C=O) groups excluding carboxylic acids is 1. The molecular weight excluding hydrogens is 433 g/mol. The van der Waals surface area contributed by atoms with Gasteiger partial charge in [0, 0.05) is 37.3 Å². The number of anilines is 1. The van der Waals surface area contributed by atoms with Gasteiger partial charge in [0.2, 0.25) is 11.7 Å². The van der Waals surface area contributed by atoms with Crippen molar-refractivity contribution >= 4 is 11.7 Å². The predicted molar refractivity (Wildman–Crippen MR) is 126 cm³/mol. The molecule has 0 atom stereocenters. The maximum Gasteiger partial charge on any atom is 0.261 e. The van der Waals surface area contributed by atoms with Crippen LogP contribution in [-0.4, -0.2) is 34.1 Å². The molecule has 2 aromatic carbocycles. The number of halogens is 1.